The molecule has 4 nitrogen and oxygen atoms in total. The number of hydrogen-bond acceptors (Lipinski definition) is 4. The Bertz CT molecular complexity index is 3690. The van der Waals surface area contributed by atoms with E-state index in [9.17, 15) is 5.26 Å². The van der Waals surface area contributed by atoms with Gasteiger partial charge in [0.2, 0.25) is 0 Å². The van der Waals surface area contributed by atoms with Crippen LogP contribution in [-0.4, -0.2) is 15.0 Å². The van der Waals surface area contributed by atoms with Gasteiger partial charge in [-0.3, -0.25) is 0 Å². The van der Waals surface area contributed by atoms with Crippen LogP contribution in [0.2, 0.25) is 0 Å². The van der Waals surface area contributed by atoms with E-state index in [0.29, 0.717) is 23.0 Å². The predicted octanol–water partition coefficient (Wildman–Crippen LogP) is 14.4. The van der Waals surface area contributed by atoms with Crippen LogP contribution in [0.1, 0.15) is 5.56 Å². The molecule has 0 atom stereocenters. The predicted molar refractivity (Wildman–Crippen MR) is 248 cm³/mol. The normalized spacial score (nSPS) is 11.7. The third kappa shape index (κ3) is 5.41. The van der Waals surface area contributed by atoms with Crippen LogP contribution in [0.25, 0.3) is 121 Å². The van der Waals surface area contributed by atoms with Gasteiger partial charge < -0.3 is 0 Å². The average Bonchev–Trinajstić information content (AvgIpc) is 3.32. The zero-order chi connectivity index (χ0) is 39.7. The first-order chi connectivity index (χ1) is 29.7. The highest BCUT2D eigenvalue weighted by molar-refractivity contribution is 6.37. The molecule has 0 bridgehead atoms. The summed E-state index contributed by atoms with van der Waals surface area (Å²) in [6, 6.07) is 70.7. The fourth-order valence-electron chi connectivity index (χ4n) is 9.19. The minimum absolute atomic E-state index is 0.594. The van der Waals surface area contributed by atoms with Gasteiger partial charge >= 0.3 is 0 Å². The second kappa shape index (κ2) is 13.4. The summed E-state index contributed by atoms with van der Waals surface area (Å²) in [5.74, 6) is 1.81. The molecular formula is C56H32N4. The van der Waals surface area contributed by atoms with Crippen molar-refractivity contribution in [2.45, 2.75) is 0 Å². The first-order valence-corrected chi connectivity index (χ1v) is 20.1. The van der Waals surface area contributed by atoms with Crippen LogP contribution < -0.4 is 0 Å². The lowest BCUT2D eigenvalue weighted by atomic mass is 9.86. The van der Waals surface area contributed by atoms with Crippen LogP contribution >= 0.6 is 0 Å². The van der Waals surface area contributed by atoms with Crippen LogP contribution in [0.4, 0.5) is 0 Å². The Hall–Kier alpha value is -8.26. The van der Waals surface area contributed by atoms with E-state index in [4.69, 9.17) is 15.0 Å². The molecule has 0 N–H and O–H groups in total. The molecule has 0 unspecified atom stereocenters. The van der Waals surface area contributed by atoms with Gasteiger partial charge in [-0.2, -0.15) is 5.26 Å². The molecule has 0 aliphatic heterocycles. The molecule has 60 heavy (non-hydrogen) atoms. The van der Waals surface area contributed by atoms with Gasteiger partial charge in [0.15, 0.2) is 17.5 Å². The summed E-state index contributed by atoms with van der Waals surface area (Å²) < 4.78 is 0. The maximum Gasteiger partial charge on any atom is 0.164 e. The third-order valence-corrected chi connectivity index (χ3v) is 12.0. The van der Waals surface area contributed by atoms with E-state index in [1.165, 1.54) is 64.6 Å². The molecule has 0 spiro atoms. The number of rotatable bonds is 5. The summed E-state index contributed by atoms with van der Waals surface area (Å²) in [7, 11) is 0. The molecule has 12 rings (SSSR count). The summed E-state index contributed by atoms with van der Waals surface area (Å²) >= 11 is 0. The first kappa shape index (κ1) is 33.8. The van der Waals surface area contributed by atoms with Crippen molar-refractivity contribution in [2.24, 2.45) is 0 Å². The molecule has 0 aliphatic carbocycles. The SMILES string of the molecule is N#Cc1ccc(-c2cccc(-c3nc(-c4ccccc4)nc(-c4ccc(-c5cc6ccc7cccc8c9cccc%10ccc%11cccc(c(c5)c6c78)c%11c%109)cc4)n3)c2)cc1. The largest absolute Gasteiger partial charge is 0.208 e. The van der Waals surface area contributed by atoms with Gasteiger partial charge in [-0.15, -0.1) is 0 Å². The molecule has 276 valence electrons. The maximum atomic E-state index is 9.32. The molecule has 0 fully saturated rings. The van der Waals surface area contributed by atoms with E-state index in [2.05, 4.69) is 133 Å². The Morgan fingerprint density at radius 2 is 0.717 bits per heavy atom. The minimum Gasteiger partial charge on any atom is -0.208 e. The van der Waals surface area contributed by atoms with E-state index < -0.39 is 0 Å². The number of benzene rings is 10. The Kier molecular flexibility index (Phi) is 7.57. The van der Waals surface area contributed by atoms with Crippen molar-refractivity contribution in [1.29, 1.82) is 5.26 Å². The Morgan fingerprint density at radius 3 is 1.32 bits per heavy atom. The van der Waals surface area contributed by atoms with Crippen molar-refractivity contribution in [3.8, 4) is 62.5 Å². The van der Waals surface area contributed by atoms with Gasteiger partial charge in [0.05, 0.1) is 11.6 Å². The molecule has 0 radical (unpaired) electrons. The number of fused-ring (bicyclic) bond motifs is 2. The Labute approximate surface area is 345 Å². The quantitative estimate of drug-likeness (QED) is 0.164. The third-order valence-electron chi connectivity index (χ3n) is 12.0. The molecular weight excluding hydrogens is 729 g/mol. The first-order valence-electron chi connectivity index (χ1n) is 20.1. The van der Waals surface area contributed by atoms with E-state index in [-0.39, 0.29) is 0 Å². The van der Waals surface area contributed by atoms with Gasteiger partial charge in [-0.1, -0.05) is 164 Å². The molecule has 0 aliphatic rings. The summed E-state index contributed by atoms with van der Waals surface area (Å²) in [5, 5.41) is 24.5. The molecule has 0 saturated carbocycles. The Morgan fingerprint density at radius 1 is 0.283 bits per heavy atom. The van der Waals surface area contributed by atoms with Gasteiger partial charge in [0.1, 0.15) is 0 Å². The summed E-state index contributed by atoms with van der Waals surface area (Å²) in [5.41, 5.74) is 7.65. The standard InChI is InChI=1S/C56H32N4/c57-33-34-18-20-35(21-19-34)42-13-4-14-44(30-42)56-59-54(40-8-2-1-3-9-40)58-55(60-56)41-27-22-36(23-28-41)45-31-43-29-26-39-11-6-16-47-46-15-5-10-37-24-25-38-12-7-17-48(52(38)50(37)46)49(32-45)53(43)51(39)47/h1-32H. The maximum absolute atomic E-state index is 9.32. The van der Waals surface area contributed by atoms with Gasteiger partial charge in [0.25, 0.3) is 0 Å². The lowest BCUT2D eigenvalue weighted by Crippen LogP contribution is -2.00. The van der Waals surface area contributed by atoms with Crippen molar-refractivity contribution in [3.63, 3.8) is 0 Å². The van der Waals surface area contributed by atoms with Crippen molar-refractivity contribution in [1.82, 2.24) is 15.0 Å². The topological polar surface area (TPSA) is 62.5 Å². The van der Waals surface area contributed by atoms with Crippen LogP contribution in [0.5, 0.6) is 0 Å². The van der Waals surface area contributed by atoms with E-state index >= 15 is 0 Å². The molecule has 0 amide bonds. The minimum atomic E-state index is 0.594. The Balaban J connectivity index is 1.02. The fraction of sp³-hybridized carbons (Fsp3) is 0. The molecule has 11 aromatic carbocycles. The molecule has 1 heterocycles. The lowest BCUT2D eigenvalue weighted by molar-refractivity contribution is 1.07. The van der Waals surface area contributed by atoms with Crippen LogP contribution in [-0.2, 0) is 0 Å². The molecule has 0 saturated heterocycles. The zero-order valence-corrected chi connectivity index (χ0v) is 32.3. The number of hydrogen-bond donors (Lipinski definition) is 0. The monoisotopic (exact) mass is 760 g/mol. The van der Waals surface area contributed by atoms with E-state index in [1.54, 1.807) is 0 Å². The van der Waals surface area contributed by atoms with E-state index in [1.807, 2.05) is 66.7 Å². The summed E-state index contributed by atoms with van der Waals surface area (Å²) in [6.07, 6.45) is 0. The average molecular weight is 761 g/mol. The van der Waals surface area contributed by atoms with Crippen LogP contribution in [0.3, 0.4) is 0 Å². The molecule has 12 aromatic rings. The number of aromatic nitrogens is 3. The second-order valence-electron chi connectivity index (χ2n) is 15.5. The summed E-state index contributed by atoms with van der Waals surface area (Å²) in [4.78, 5) is 15.1. The smallest absolute Gasteiger partial charge is 0.164 e. The van der Waals surface area contributed by atoms with Crippen molar-refractivity contribution in [3.05, 3.63) is 200 Å². The van der Waals surface area contributed by atoms with Crippen molar-refractivity contribution < 1.29 is 0 Å². The highest BCUT2D eigenvalue weighted by Gasteiger charge is 2.17. The van der Waals surface area contributed by atoms with Gasteiger partial charge in [-0.25, -0.2) is 15.0 Å². The highest BCUT2D eigenvalue weighted by atomic mass is 15.0. The van der Waals surface area contributed by atoms with Gasteiger partial charge in [0, 0.05) is 16.7 Å². The fourth-order valence-corrected chi connectivity index (χ4v) is 9.19. The second-order valence-corrected chi connectivity index (χ2v) is 15.5. The van der Waals surface area contributed by atoms with Crippen molar-refractivity contribution in [2.75, 3.05) is 0 Å². The molecule has 4 heteroatoms. The van der Waals surface area contributed by atoms with Crippen molar-refractivity contribution >= 4 is 64.6 Å². The number of nitriles is 1. The van der Waals surface area contributed by atoms with Crippen LogP contribution in [0, 0.1) is 11.3 Å². The molecule has 1 aromatic heterocycles. The zero-order valence-electron chi connectivity index (χ0n) is 32.3. The summed E-state index contributed by atoms with van der Waals surface area (Å²) in [6.45, 7) is 0. The van der Waals surface area contributed by atoms with E-state index in [0.717, 1.165) is 38.9 Å². The number of nitrogens with zero attached hydrogens (tertiary/aromatic N) is 4. The lowest BCUT2D eigenvalue weighted by Gasteiger charge is -2.17. The van der Waals surface area contributed by atoms with Crippen LogP contribution in [0.15, 0.2) is 194 Å². The highest BCUT2D eigenvalue weighted by Crippen LogP contribution is 2.44. The van der Waals surface area contributed by atoms with Gasteiger partial charge in [-0.05, 0) is 117 Å².